The van der Waals surface area contributed by atoms with Gasteiger partial charge in [-0.1, -0.05) is 0 Å². The normalized spacial score (nSPS) is 35.6. The van der Waals surface area contributed by atoms with Crippen molar-refractivity contribution in [3.63, 3.8) is 0 Å². The Morgan fingerprint density at radius 3 is 2.63 bits per heavy atom. The van der Waals surface area contributed by atoms with E-state index >= 15 is 0 Å². The van der Waals surface area contributed by atoms with Crippen LogP contribution in [0.3, 0.4) is 0 Å². The zero-order valence-electron chi connectivity index (χ0n) is 10.3. The zero-order chi connectivity index (χ0) is 14.1. The third-order valence-electron chi connectivity index (χ3n) is 3.79. The summed E-state index contributed by atoms with van der Waals surface area (Å²) < 4.78 is 44.2. The number of carbonyl (C=O) groups is 1. The van der Waals surface area contributed by atoms with Crippen LogP contribution in [0.25, 0.3) is 0 Å². The Bertz CT molecular complexity index is 348. The number of aliphatic hydroxyl groups is 1. The zero-order valence-corrected chi connectivity index (χ0v) is 10.3. The van der Waals surface area contributed by atoms with E-state index < -0.39 is 29.6 Å². The largest absolute Gasteiger partial charge is 0.404 e. The average Bonchev–Trinajstić information content (AvgIpc) is 2.94. The first-order valence-corrected chi connectivity index (χ1v) is 6.15. The molecule has 2 aliphatic heterocycles. The molecule has 0 spiro atoms. The molecule has 2 heterocycles. The van der Waals surface area contributed by atoms with Gasteiger partial charge in [-0.2, -0.15) is 13.2 Å². The lowest BCUT2D eigenvalue weighted by molar-refractivity contribution is -0.216. The summed E-state index contributed by atoms with van der Waals surface area (Å²) in [5.74, 6) is -1.08. The van der Waals surface area contributed by atoms with Gasteiger partial charge in [0.05, 0.1) is 6.61 Å². The summed E-state index contributed by atoms with van der Waals surface area (Å²) in [6.07, 6.45) is -4.57. The van der Waals surface area contributed by atoms with E-state index in [1.54, 1.807) is 0 Å². The highest BCUT2D eigenvalue weighted by Crippen LogP contribution is 2.43. The Labute approximate surface area is 108 Å². The number of ether oxygens (including phenoxy) is 1. The lowest BCUT2D eigenvalue weighted by Gasteiger charge is -2.31. The number of hydrogen-bond acceptors (Lipinski definition) is 4. The number of hydrogen-bond donors (Lipinski definition) is 3. The van der Waals surface area contributed by atoms with E-state index in [9.17, 15) is 23.1 Å². The van der Waals surface area contributed by atoms with Crippen LogP contribution in [-0.4, -0.2) is 55.6 Å². The van der Waals surface area contributed by atoms with Gasteiger partial charge in [-0.05, 0) is 13.0 Å². The van der Waals surface area contributed by atoms with E-state index in [2.05, 4.69) is 10.6 Å². The quantitative estimate of drug-likeness (QED) is 0.670. The highest BCUT2D eigenvalue weighted by atomic mass is 19.4. The monoisotopic (exact) mass is 282 g/mol. The molecule has 0 aromatic heterocycles. The van der Waals surface area contributed by atoms with Gasteiger partial charge in [0.2, 0.25) is 5.91 Å². The number of amides is 1. The number of alkyl halides is 3. The third-order valence-corrected chi connectivity index (χ3v) is 3.79. The maximum atomic E-state index is 13.1. The molecule has 0 aromatic rings. The van der Waals surface area contributed by atoms with Crippen molar-refractivity contribution in [1.82, 2.24) is 10.6 Å². The van der Waals surface area contributed by atoms with Gasteiger partial charge in [0.15, 0.2) is 5.41 Å². The third kappa shape index (κ3) is 2.70. The first-order valence-electron chi connectivity index (χ1n) is 6.15. The summed E-state index contributed by atoms with van der Waals surface area (Å²) in [4.78, 5) is 11.9. The second kappa shape index (κ2) is 4.92. The van der Waals surface area contributed by atoms with E-state index in [1.807, 2.05) is 0 Å². The van der Waals surface area contributed by atoms with Crippen LogP contribution in [0, 0.1) is 5.41 Å². The topological polar surface area (TPSA) is 70.6 Å². The number of rotatable bonds is 3. The Kier molecular flexibility index (Phi) is 3.76. The molecule has 0 aliphatic carbocycles. The SMILES string of the molecule is O=C(NCC1(O)CCOC1)C1(C(F)(F)F)CCNC1. The van der Waals surface area contributed by atoms with E-state index in [4.69, 9.17) is 4.74 Å². The summed E-state index contributed by atoms with van der Waals surface area (Å²) in [7, 11) is 0. The molecule has 2 unspecified atom stereocenters. The molecule has 19 heavy (non-hydrogen) atoms. The van der Waals surface area contributed by atoms with Crippen molar-refractivity contribution in [1.29, 1.82) is 0 Å². The van der Waals surface area contributed by atoms with Crippen molar-refractivity contribution in [3.05, 3.63) is 0 Å². The van der Waals surface area contributed by atoms with Crippen LogP contribution in [0.2, 0.25) is 0 Å². The van der Waals surface area contributed by atoms with Gasteiger partial charge < -0.3 is 20.5 Å². The van der Waals surface area contributed by atoms with Gasteiger partial charge in [-0.3, -0.25) is 4.79 Å². The number of halogens is 3. The minimum Gasteiger partial charge on any atom is -0.386 e. The fraction of sp³-hybridized carbons (Fsp3) is 0.909. The van der Waals surface area contributed by atoms with Crippen LogP contribution in [-0.2, 0) is 9.53 Å². The molecule has 2 saturated heterocycles. The molecule has 5 nitrogen and oxygen atoms in total. The molecule has 1 amide bonds. The van der Waals surface area contributed by atoms with Crippen LogP contribution in [0.4, 0.5) is 13.2 Å². The van der Waals surface area contributed by atoms with Crippen molar-refractivity contribution in [2.24, 2.45) is 5.41 Å². The van der Waals surface area contributed by atoms with Gasteiger partial charge >= 0.3 is 6.18 Å². The van der Waals surface area contributed by atoms with Crippen LogP contribution in [0.15, 0.2) is 0 Å². The van der Waals surface area contributed by atoms with E-state index in [1.165, 1.54) is 0 Å². The first kappa shape index (κ1) is 14.5. The van der Waals surface area contributed by atoms with Crippen molar-refractivity contribution < 1.29 is 27.8 Å². The average molecular weight is 282 g/mol. The molecule has 110 valence electrons. The smallest absolute Gasteiger partial charge is 0.386 e. The van der Waals surface area contributed by atoms with Crippen molar-refractivity contribution >= 4 is 5.91 Å². The molecule has 0 bridgehead atoms. The van der Waals surface area contributed by atoms with Gasteiger partial charge in [0, 0.05) is 26.1 Å². The van der Waals surface area contributed by atoms with Gasteiger partial charge in [0.1, 0.15) is 5.60 Å². The van der Waals surface area contributed by atoms with E-state index in [0.717, 1.165) is 0 Å². The van der Waals surface area contributed by atoms with Gasteiger partial charge in [-0.25, -0.2) is 0 Å². The Morgan fingerprint density at radius 2 is 2.16 bits per heavy atom. The summed E-state index contributed by atoms with van der Waals surface area (Å²) in [5.41, 5.74) is -3.64. The molecule has 3 N–H and O–H groups in total. The second-order valence-corrected chi connectivity index (χ2v) is 5.22. The molecule has 2 atom stereocenters. The van der Waals surface area contributed by atoms with Crippen LogP contribution in [0.5, 0.6) is 0 Å². The Balaban J connectivity index is 2.01. The fourth-order valence-electron chi connectivity index (χ4n) is 2.41. The fourth-order valence-corrected chi connectivity index (χ4v) is 2.41. The molecule has 2 aliphatic rings. The molecule has 0 saturated carbocycles. The van der Waals surface area contributed by atoms with Crippen LogP contribution in [0.1, 0.15) is 12.8 Å². The predicted octanol–water partition coefficient (Wildman–Crippen LogP) is -0.204. The molecular weight excluding hydrogens is 265 g/mol. The lowest BCUT2D eigenvalue weighted by atomic mass is 9.85. The minimum atomic E-state index is -4.60. The second-order valence-electron chi connectivity index (χ2n) is 5.22. The lowest BCUT2D eigenvalue weighted by Crippen LogP contribution is -2.55. The molecule has 0 radical (unpaired) electrons. The Morgan fingerprint density at radius 1 is 1.42 bits per heavy atom. The molecular formula is C11H17F3N2O3. The highest BCUT2D eigenvalue weighted by Gasteiger charge is 2.61. The standard InChI is InChI=1S/C11H17F3N2O3/c12-11(13,14)10(1-3-15-6-10)8(17)16-5-9(18)2-4-19-7-9/h15,18H,1-7H2,(H,16,17). The van der Waals surface area contributed by atoms with Gasteiger partial charge in [0.25, 0.3) is 0 Å². The maximum absolute atomic E-state index is 13.1. The summed E-state index contributed by atoms with van der Waals surface area (Å²) >= 11 is 0. The maximum Gasteiger partial charge on any atom is 0.404 e. The van der Waals surface area contributed by atoms with Crippen molar-refractivity contribution in [2.75, 3.05) is 32.8 Å². The summed E-state index contributed by atoms with van der Waals surface area (Å²) in [5, 5.41) is 14.7. The molecule has 0 aromatic carbocycles. The predicted molar refractivity (Wildman–Crippen MR) is 59.4 cm³/mol. The molecule has 8 heteroatoms. The first-order chi connectivity index (χ1) is 8.79. The molecule has 2 fully saturated rings. The summed E-state index contributed by atoms with van der Waals surface area (Å²) in [6, 6.07) is 0. The number of nitrogens with one attached hydrogen (secondary N) is 2. The van der Waals surface area contributed by atoms with E-state index in [0.29, 0.717) is 13.0 Å². The van der Waals surface area contributed by atoms with Gasteiger partial charge in [-0.15, -0.1) is 0 Å². The highest BCUT2D eigenvalue weighted by molar-refractivity contribution is 5.84. The Hall–Kier alpha value is -0.860. The van der Waals surface area contributed by atoms with Crippen molar-refractivity contribution in [3.8, 4) is 0 Å². The van der Waals surface area contributed by atoms with Crippen molar-refractivity contribution in [2.45, 2.75) is 24.6 Å². The number of carbonyl (C=O) groups excluding carboxylic acids is 1. The molecule has 2 rings (SSSR count). The van der Waals surface area contributed by atoms with E-state index in [-0.39, 0.29) is 26.1 Å². The summed E-state index contributed by atoms with van der Waals surface area (Å²) in [6.45, 7) is -0.107. The minimum absolute atomic E-state index is 0.0323. The van der Waals surface area contributed by atoms with Crippen LogP contribution >= 0.6 is 0 Å². The van der Waals surface area contributed by atoms with Crippen LogP contribution < -0.4 is 10.6 Å².